The maximum atomic E-state index is 13.3. The highest BCUT2D eigenvalue weighted by atomic mass is 19.1. The number of anilines is 1. The Bertz CT molecular complexity index is 778. The summed E-state index contributed by atoms with van der Waals surface area (Å²) in [6.45, 7) is 1.67. The molecule has 0 spiro atoms. The van der Waals surface area contributed by atoms with Gasteiger partial charge in [0.15, 0.2) is 0 Å². The van der Waals surface area contributed by atoms with Gasteiger partial charge in [0.1, 0.15) is 11.6 Å². The zero-order valence-electron chi connectivity index (χ0n) is 10.2. The third kappa shape index (κ3) is 1.83. The number of fused-ring (bicyclic) bond motifs is 1. The van der Waals surface area contributed by atoms with Gasteiger partial charge in [0.2, 0.25) is 5.95 Å². The molecule has 0 amide bonds. The lowest BCUT2D eigenvalue weighted by atomic mass is 10.2. The third-order valence-corrected chi connectivity index (χ3v) is 3.04. The maximum absolute atomic E-state index is 13.3. The zero-order chi connectivity index (χ0) is 13.6. The second kappa shape index (κ2) is 4.05. The average Bonchev–Trinajstić information content (AvgIpc) is 2.68. The number of rotatable bonds is 1. The van der Waals surface area contributed by atoms with E-state index in [1.54, 1.807) is 29.7 Å². The predicted octanol–water partition coefficient (Wildman–Crippen LogP) is 3.19. The lowest BCUT2D eigenvalue weighted by Gasteiger charge is -2.07. The van der Waals surface area contributed by atoms with E-state index in [2.05, 4.69) is 4.98 Å². The Hall–Kier alpha value is -2.43. The molecule has 0 aliphatic heterocycles. The van der Waals surface area contributed by atoms with Gasteiger partial charge in [-0.3, -0.25) is 4.57 Å². The van der Waals surface area contributed by atoms with Gasteiger partial charge in [-0.15, -0.1) is 0 Å². The predicted molar refractivity (Wildman–Crippen MR) is 70.1 cm³/mol. The van der Waals surface area contributed by atoms with E-state index in [1.807, 2.05) is 0 Å². The molecular weight excluding hydrogens is 248 g/mol. The molecule has 3 nitrogen and oxygen atoms in total. The third-order valence-electron chi connectivity index (χ3n) is 3.04. The smallest absolute Gasteiger partial charge is 0.205 e. The van der Waals surface area contributed by atoms with Crippen molar-refractivity contribution in [3.8, 4) is 5.69 Å². The summed E-state index contributed by atoms with van der Waals surface area (Å²) in [4.78, 5) is 4.11. The lowest BCUT2D eigenvalue weighted by Crippen LogP contribution is -2.01. The van der Waals surface area contributed by atoms with E-state index in [9.17, 15) is 8.78 Å². The number of aromatic nitrogens is 2. The molecule has 1 aromatic heterocycles. The molecule has 0 aliphatic rings. The van der Waals surface area contributed by atoms with E-state index in [4.69, 9.17) is 5.73 Å². The van der Waals surface area contributed by atoms with Crippen LogP contribution in [0.15, 0.2) is 36.4 Å². The number of hydrogen-bond acceptors (Lipinski definition) is 2. The summed E-state index contributed by atoms with van der Waals surface area (Å²) in [6, 6.07) is 8.93. The second-order valence-corrected chi connectivity index (χ2v) is 4.37. The fourth-order valence-corrected chi connectivity index (χ4v) is 2.11. The van der Waals surface area contributed by atoms with Crippen molar-refractivity contribution in [3.63, 3.8) is 0 Å². The van der Waals surface area contributed by atoms with Gasteiger partial charge in [-0.25, -0.2) is 13.8 Å². The molecule has 0 bridgehead atoms. The number of halogens is 2. The Kier molecular flexibility index (Phi) is 2.48. The molecule has 0 unspecified atom stereocenters. The maximum Gasteiger partial charge on any atom is 0.205 e. The van der Waals surface area contributed by atoms with Crippen LogP contribution in [0.1, 0.15) is 5.56 Å². The zero-order valence-corrected chi connectivity index (χ0v) is 10.2. The SMILES string of the molecule is Cc1cc(-n2c(N)nc3cc(F)ccc32)ccc1F. The summed E-state index contributed by atoms with van der Waals surface area (Å²) in [6.07, 6.45) is 0. The minimum atomic E-state index is -0.368. The number of nitrogen functional groups attached to an aromatic ring is 1. The van der Waals surface area contributed by atoms with Crippen LogP contribution in [-0.4, -0.2) is 9.55 Å². The Balaban J connectivity index is 2.29. The van der Waals surface area contributed by atoms with Gasteiger partial charge in [0, 0.05) is 11.8 Å². The van der Waals surface area contributed by atoms with Gasteiger partial charge in [-0.05, 0) is 42.8 Å². The van der Waals surface area contributed by atoms with E-state index >= 15 is 0 Å². The van der Waals surface area contributed by atoms with Crippen molar-refractivity contribution in [1.29, 1.82) is 0 Å². The van der Waals surface area contributed by atoms with Crippen LogP contribution in [0.5, 0.6) is 0 Å². The number of nitrogens with two attached hydrogens (primary N) is 1. The van der Waals surface area contributed by atoms with Crippen molar-refractivity contribution in [3.05, 3.63) is 53.6 Å². The van der Waals surface area contributed by atoms with Crippen LogP contribution in [0, 0.1) is 18.6 Å². The number of benzene rings is 2. The summed E-state index contributed by atoms with van der Waals surface area (Å²) in [5.74, 6) is -0.406. The highest BCUT2D eigenvalue weighted by Gasteiger charge is 2.11. The fraction of sp³-hybridized carbons (Fsp3) is 0.0714. The standard InChI is InChI=1S/C14H11F2N3/c1-8-6-10(3-4-11(8)16)19-13-5-2-9(15)7-12(13)18-14(19)17/h2-7H,1H3,(H2,17,18). The summed E-state index contributed by atoms with van der Waals surface area (Å²) >= 11 is 0. The Morgan fingerprint density at radius 1 is 1.11 bits per heavy atom. The van der Waals surface area contributed by atoms with Crippen molar-refractivity contribution in [2.75, 3.05) is 5.73 Å². The second-order valence-electron chi connectivity index (χ2n) is 4.37. The highest BCUT2D eigenvalue weighted by Crippen LogP contribution is 2.24. The molecule has 3 rings (SSSR count). The van der Waals surface area contributed by atoms with Crippen LogP contribution >= 0.6 is 0 Å². The van der Waals surface area contributed by atoms with Gasteiger partial charge in [0.25, 0.3) is 0 Å². The minimum Gasteiger partial charge on any atom is -0.369 e. The normalized spacial score (nSPS) is 11.1. The van der Waals surface area contributed by atoms with Gasteiger partial charge in [-0.2, -0.15) is 0 Å². The largest absolute Gasteiger partial charge is 0.369 e. The molecule has 5 heteroatoms. The molecule has 0 saturated heterocycles. The first-order valence-electron chi connectivity index (χ1n) is 5.76. The first-order chi connectivity index (χ1) is 9.06. The van der Waals surface area contributed by atoms with E-state index < -0.39 is 0 Å². The molecule has 0 saturated carbocycles. The minimum absolute atomic E-state index is 0.242. The fourth-order valence-electron chi connectivity index (χ4n) is 2.11. The Morgan fingerprint density at radius 3 is 2.63 bits per heavy atom. The molecule has 2 N–H and O–H groups in total. The van der Waals surface area contributed by atoms with Crippen LogP contribution in [0.3, 0.4) is 0 Å². The average molecular weight is 259 g/mol. The van der Waals surface area contributed by atoms with Crippen molar-refractivity contribution in [2.24, 2.45) is 0 Å². The first kappa shape index (κ1) is 11.6. The number of nitrogens with zero attached hydrogens (tertiary/aromatic N) is 2. The van der Waals surface area contributed by atoms with E-state index in [0.717, 1.165) is 0 Å². The van der Waals surface area contributed by atoms with Crippen LogP contribution < -0.4 is 5.73 Å². The molecule has 0 radical (unpaired) electrons. The lowest BCUT2D eigenvalue weighted by molar-refractivity contribution is 0.618. The van der Waals surface area contributed by atoms with Gasteiger partial charge >= 0.3 is 0 Å². The van der Waals surface area contributed by atoms with E-state index in [-0.39, 0.29) is 17.6 Å². The quantitative estimate of drug-likeness (QED) is 0.729. The van der Waals surface area contributed by atoms with Crippen LogP contribution in [0.25, 0.3) is 16.7 Å². The molecule has 96 valence electrons. The van der Waals surface area contributed by atoms with E-state index in [0.29, 0.717) is 22.3 Å². The topological polar surface area (TPSA) is 43.8 Å². The van der Waals surface area contributed by atoms with Crippen molar-refractivity contribution < 1.29 is 8.78 Å². The number of hydrogen-bond donors (Lipinski definition) is 1. The molecule has 0 aliphatic carbocycles. The van der Waals surface area contributed by atoms with Crippen LogP contribution in [0.2, 0.25) is 0 Å². The summed E-state index contributed by atoms with van der Waals surface area (Å²) in [7, 11) is 0. The molecule has 2 aromatic carbocycles. The number of imidazole rings is 1. The van der Waals surface area contributed by atoms with Crippen molar-refractivity contribution in [2.45, 2.75) is 6.92 Å². The van der Waals surface area contributed by atoms with E-state index in [1.165, 1.54) is 18.2 Å². The van der Waals surface area contributed by atoms with Crippen LogP contribution in [-0.2, 0) is 0 Å². The van der Waals surface area contributed by atoms with Crippen molar-refractivity contribution >= 4 is 17.0 Å². The molecule has 0 atom stereocenters. The van der Waals surface area contributed by atoms with Crippen molar-refractivity contribution in [1.82, 2.24) is 9.55 Å². The summed E-state index contributed by atoms with van der Waals surface area (Å²) < 4.78 is 28.1. The molecule has 19 heavy (non-hydrogen) atoms. The van der Waals surface area contributed by atoms with Crippen LogP contribution in [0.4, 0.5) is 14.7 Å². The Morgan fingerprint density at radius 2 is 1.89 bits per heavy atom. The molecule has 0 fully saturated rings. The van der Waals surface area contributed by atoms with Gasteiger partial charge in [0.05, 0.1) is 11.0 Å². The summed E-state index contributed by atoms with van der Waals surface area (Å²) in [5.41, 5.74) is 8.23. The molecule has 3 aromatic rings. The molecule has 1 heterocycles. The monoisotopic (exact) mass is 259 g/mol. The summed E-state index contributed by atoms with van der Waals surface area (Å²) in [5, 5.41) is 0. The molecular formula is C14H11F2N3. The number of aryl methyl sites for hydroxylation is 1. The Labute approximate surface area is 108 Å². The van der Waals surface area contributed by atoms with Gasteiger partial charge < -0.3 is 5.73 Å². The first-order valence-corrected chi connectivity index (χ1v) is 5.76. The highest BCUT2D eigenvalue weighted by molar-refractivity contribution is 5.80. The van der Waals surface area contributed by atoms with Gasteiger partial charge in [-0.1, -0.05) is 0 Å².